The summed E-state index contributed by atoms with van der Waals surface area (Å²) in [6.45, 7) is 0. The lowest BCUT2D eigenvalue weighted by atomic mass is 9.93. The minimum atomic E-state index is -0.934. The third-order valence-corrected chi connectivity index (χ3v) is 4.35. The zero-order valence-electron chi connectivity index (χ0n) is 11.5. The Balaban J connectivity index is 1.98. The quantitative estimate of drug-likeness (QED) is 0.661. The van der Waals surface area contributed by atoms with Crippen molar-refractivity contribution in [3.05, 3.63) is 29.6 Å². The third-order valence-electron chi connectivity index (χ3n) is 4.35. The summed E-state index contributed by atoms with van der Waals surface area (Å²) < 4.78 is 0. The molecule has 0 spiro atoms. The number of nitrogens with zero attached hydrogens (tertiary/aromatic N) is 2. The molecule has 0 bridgehead atoms. The van der Waals surface area contributed by atoms with Crippen LogP contribution in [0.2, 0.25) is 0 Å². The first kappa shape index (κ1) is 13.7. The molecule has 1 aromatic rings. The Hall–Kier alpha value is -2.24. The zero-order valence-corrected chi connectivity index (χ0v) is 11.5. The standard InChI is InChI=1S/C15H16N2O4/c18-13-9-6-7-16-8-11(9)14(19)17(13)12-5-3-1-2-4-10(12)15(20)21/h6-8,10,12H,1-5H2,(H,20,21). The van der Waals surface area contributed by atoms with E-state index < -0.39 is 29.7 Å². The molecule has 2 atom stereocenters. The second-order valence-corrected chi connectivity index (χ2v) is 5.55. The van der Waals surface area contributed by atoms with E-state index in [2.05, 4.69) is 4.98 Å². The first-order chi connectivity index (χ1) is 10.1. The van der Waals surface area contributed by atoms with E-state index in [-0.39, 0.29) is 5.56 Å². The number of carboxylic acid groups (broad SMARTS) is 1. The Morgan fingerprint density at radius 1 is 1.14 bits per heavy atom. The van der Waals surface area contributed by atoms with Crippen molar-refractivity contribution < 1.29 is 19.5 Å². The van der Waals surface area contributed by atoms with E-state index in [0.717, 1.165) is 24.2 Å². The summed E-state index contributed by atoms with van der Waals surface area (Å²) in [5, 5.41) is 9.42. The van der Waals surface area contributed by atoms with Crippen LogP contribution in [-0.4, -0.2) is 38.8 Å². The van der Waals surface area contributed by atoms with Crippen molar-refractivity contribution in [2.75, 3.05) is 0 Å². The number of hydrogen-bond acceptors (Lipinski definition) is 4. The highest BCUT2D eigenvalue weighted by molar-refractivity contribution is 6.21. The van der Waals surface area contributed by atoms with Crippen LogP contribution in [-0.2, 0) is 4.79 Å². The molecule has 2 amide bonds. The number of carboxylic acids is 1. The van der Waals surface area contributed by atoms with Gasteiger partial charge in [0.2, 0.25) is 0 Å². The number of carbonyl (C=O) groups excluding carboxylic acids is 2. The maximum atomic E-state index is 12.5. The molecule has 1 aliphatic heterocycles. The van der Waals surface area contributed by atoms with E-state index >= 15 is 0 Å². The Morgan fingerprint density at radius 3 is 2.57 bits per heavy atom. The maximum Gasteiger partial charge on any atom is 0.308 e. The molecule has 6 heteroatoms. The maximum absolute atomic E-state index is 12.5. The summed E-state index contributed by atoms with van der Waals surface area (Å²) in [4.78, 5) is 41.5. The first-order valence-electron chi connectivity index (χ1n) is 7.16. The monoisotopic (exact) mass is 288 g/mol. The van der Waals surface area contributed by atoms with Gasteiger partial charge in [-0.1, -0.05) is 19.3 Å². The van der Waals surface area contributed by atoms with Crippen molar-refractivity contribution >= 4 is 17.8 Å². The first-order valence-corrected chi connectivity index (χ1v) is 7.16. The van der Waals surface area contributed by atoms with Gasteiger partial charge in [0.1, 0.15) is 0 Å². The van der Waals surface area contributed by atoms with E-state index in [4.69, 9.17) is 0 Å². The number of aliphatic carboxylic acids is 1. The van der Waals surface area contributed by atoms with Gasteiger partial charge in [-0.15, -0.1) is 0 Å². The molecular weight excluding hydrogens is 272 g/mol. The molecule has 0 radical (unpaired) electrons. The average Bonchev–Trinajstić information content (AvgIpc) is 2.66. The smallest absolute Gasteiger partial charge is 0.308 e. The molecule has 2 aliphatic rings. The Morgan fingerprint density at radius 2 is 1.86 bits per heavy atom. The van der Waals surface area contributed by atoms with Crippen molar-refractivity contribution in [2.45, 2.75) is 38.1 Å². The van der Waals surface area contributed by atoms with E-state index in [1.54, 1.807) is 0 Å². The van der Waals surface area contributed by atoms with Gasteiger partial charge < -0.3 is 5.11 Å². The minimum Gasteiger partial charge on any atom is -0.481 e. The van der Waals surface area contributed by atoms with Crippen molar-refractivity contribution in [2.24, 2.45) is 5.92 Å². The van der Waals surface area contributed by atoms with Crippen LogP contribution in [0.4, 0.5) is 0 Å². The second-order valence-electron chi connectivity index (χ2n) is 5.55. The predicted octanol–water partition coefficient (Wildman–Crippen LogP) is 1.71. The van der Waals surface area contributed by atoms with Crippen molar-refractivity contribution in [3.63, 3.8) is 0 Å². The third kappa shape index (κ3) is 2.20. The molecule has 1 saturated carbocycles. The van der Waals surface area contributed by atoms with E-state index in [9.17, 15) is 19.5 Å². The van der Waals surface area contributed by atoms with Gasteiger partial charge in [0.05, 0.1) is 23.1 Å². The van der Waals surface area contributed by atoms with E-state index in [0.29, 0.717) is 18.4 Å². The van der Waals surface area contributed by atoms with E-state index in [1.807, 2.05) is 0 Å². The van der Waals surface area contributed by atoms with Gasteiger partial charge in [-0.2, -0.15) is 0 Å². The Bertz CT molecular complexity index is 578. The number of fused-ring (bicyclic) bond motifs is 1. The minimum absolute atomic E-state index is 0.274. The molecule has 2 heterocycles. The molecular formula is C15H16N2O4. The Labute approximate surface area is 121 Å². The SMILES string of the molecule is O=C(O)C1CCCCCC1N1C(=O)c2ccncc2C1=O. The molecule has 1 aliphatic carbocycles. The summed E-state index contributed by atoms with van der Waals surface area (Å²) in [5.74, 6) is -2.42. The van der Waals surface area contributed by atoms with Crippen LogP contribution in [0.15, 0.2) is 18.5 Å². The Kier molecular flexibility index (Phi) is 3.45. The van der Waals surface area contributed by atoms with Gasteiger partial charge in [0.25, 0.3) is 11.8 Å². The molecule has 1 N–H and O–H groups in total. The number of rotatable bonds is 2. The molecule has 0 aromatic carbocycles. The molecule has 1 aromatic heterocycles. The summed E-state index contributed by atoms with van der Waals surface area (Å²) in [5.41, 5.74) is 0.597. The molecule has 2 unspecified atom stereocenters. The van der Waals surface area contributed by atoms with Crippen LogP contribution in [0.5, 0.6) is 0 Å². The van der Waals surface area contributed by atoms with Crippen molar-refractivity contribution in [3.8, 4) is 0 Å². The van der Waals surface area contributed by atoms with Crippen LogP contribution in [0.1, 0.15) is 52.8 Å². The predicted molar refractivity (Wildman–Crippen MR) is 72.7 cm³/mol. The van der Waals surface area contributed by atoms with Crippen LogP contribution < -0.4 is 0 Å². The molecule has 6 nitrogen and oxygen atoms in total. The highest BCUT2D eigenvalue weighted by Gasteiger charge is 2.44. The van der Waals surface area contributed by atoms with Gasteiger partial charge in [-0.25, -0.2) is 0 Å². The lowest BCUT2D eigenvalue weighted by Crippen LogP contribution is -2.46. The normalized spacial score (nSPS) is 25.6. The fourth-order valence-corrected chi connectivity index (χ4v) is 3.29. The summed E-state index contributed by atoms with van der Waals surface area (Å²) >= 11 is 0. The largest absolute Gasteiger partial charge is 0.481 e. The number of pyridine rings is 1. The second kappa shape index (κ2) is 5.27. The summed E-state index contributed by atoms with van der Waals surface area (Å²) in [6.07, 6.45) is 6.49. The van der Waals surface area contributed by atoms with Crippen LogP contribution in [0.3, 0.4) is 0 Å². The summed E-state index contributed by atoms with van der Waals surface area (Å²) in [6, 6.07) is 0.958. The summed E-state index contributed by atoms with van der Waals surface area (Å²) in [7, 11) is 0. The van der Waals surface area contributed by atoms with Crippen molar-refractivity contribution in [1.29, 1.82) is 0 Å². The molecule has 21 heavy (non-hydrogen) atoms. The lowest BCUT2D eigenvalue weighted by Gasteiger charge is -2.29. The number of hydrogen-bond donors (Lipinski definition) is 1. The van der Waals surface area contributed by atoms with E-state index in [1.165, 1.54) is 18.5 Å². The van der Waals surface area contributed by atoms with Crippen LogP contribution >= 0.6 is 0 Å². The van der Waals surface area contributed by atoms with Crippen molar-refractivity contribution in [1.82, 2.24) is 9.88 Å². The number of imide groups is 1. The topological polar surface area (TPSA) is 87.6 Å². The number of amides is 2. The zero-order chi connectivity index (χ0) is 15.0. The molecule has 0 saturated heterocycles. The average molecular weight is 288 g/mol. The number of carbonyl (C=O) groups is 3. The fourth-order valence-electron chi connectivity index (χ4n) is 3.29. The number of aromatic nitrogens is 1. The van der Waals surface area contributed by atoms with Crippen LogP contribution in [0, 0.1) is 5.92 Å². The van der Waals surface area contributed by atoms with Gasteiger partial charge in [0, 0.05) is 12.4 Å². The van der Waals surface area contributed by atoms with Gasteiger partial charge in [-0.3, -0.25) is 24.3 Å². The highest BCUT2D eigenvalue weighted by atomic mass is 16.4. The fraction of sp³-hybridized carbons (Fsp3) is 0.467. The highest BCUT2D eigenvalue weighted by Crippen LogP contribution is 2.33. The molecule has 110 valence electrons. The van der Waals surface area contributed by atoms with Gasteiger partial charge in [-0.05, 0) is 18.9 Å². The van der Waals surface area contributed by atoms with Gasteiger partial charge >= 0.3 is 5.97 Å². The van der Waals surface area contributed by atoms with Gasteiger partial charge in [0.15, 0.2) is 0 Å². The molecule has 1 fully saturated rings. The van der Waals surface area contributed by atoms with Crippen LogP contribution in [0.25, 0.3) is 0 Å². The molecule has 3 rings (SSSR count). The lowest BCUT2D eigenvalue weighted by molar-refractivity contribution is -0.143.